The summed E-state index contributed by atoms with van der Waals surface area (Å²) in [6.07, 6.45) is 3.78. The fraction of sp³-hybridized carbons (Fsp3) is 0.368. The standard InChI is InChI=1S/C19H22N4O2/c1-13-18-20-10-14(12-25-3)23(18)9-8-22(13)19(24)16-11-21(2)17-7-5-4-6-15(16)17/h4-7,10-11,13H,8-9,12H2,1-3H3/t13-/m1/s1. The van der Waals surface area contributed by atoms with Gasteiger partial charge in [-0.25, -0.2) is 4.98 Å². The largest absolute Gasteiger partial charge is 0.378 e. The van der Waals surface area contributed by atoms with Gasteiger partial charge in [0, 0.05) is 44.3 Å². The second-order valence-electron chi connectivity index (χ2n) is 6.54. The molecule has 0 saturated heterocycles. The number of aromatic nitrogens is 3. The molecule has 0 N–H and O–H groups in total. The zero-order valence-corrected chi connectivity index (χ0v) is 14.8. The van der Waals surface area contributed by atoms with Gasteiger partial charge < -0.3 is 18.8 Å². The first kappa shape index (κ1) is 15.9. The minimum Gasteiger partial charge on any atom is -0.378 e. The van der Waals surface area contributed by atoms with E-state index in [1.165, 1.54) is 0 Å². The number of hydrogen-bond donors (Lipinski definition) is 0. The summed E-state index contributed by atoms with van der Waals surface area (Å²) in [6.45, 7) is 3.99. The predicted octanol–water partition coefficient (Wildman–Crippen LogP) is 2.74. The van der Waals surface area contributed by atoms with Crippen molar-refractivity contribution in [3.63, 3.8) is 0 Å². The van der Waals surface area contributed by atoms with Crippen LogP contribution in [-0.4, -0.2) is 38.6 Å². The molecule has 1 atom stereocenters. The van der Waals surface area contributed by atoms with E-state index in [1.807, 2.05) is 60.1 Å². The summed E-state index contributed by atoms with van der Waals surface area (Å²) < 4.78 is 9.41. The molecule has 3 heterocycles. The second-order valence-corrected chi connectivity index (χ2v) is 6.54. The Bertz CT molecular complexity index is 940. The molecule has 1 aliphatic heterocycles. The monoisotopic (exact) mass is 338 g/mol. The molecular formula is C19H22N4O2. The van der Waals surface area contributed by atoms with Crippen LogP contribution in [0.1, 0.15) is 34.8 Å². The van der Waals surface area contributed by atoms with Crippen LogP contribution in [0.2, 0.25) is 0 Å². The van der Waals surface area contributed by atoms with Gasteiger partial charge in [-0.1, -0.05) is 18.2 Å². The van der Waals surface area contributed by atoms with Crippen LogP contribution in [0.4, 0.5) is 0 Å². The Morgan fingerprint density at radius 3 is 2.92 bits per heavy atom. The summed E-state index contributed by atoms with van der Waals surface area (Å²) >= 11 is 0. The lowest BCUT2D eigenvalue weighted by Crippen LogP contribution is -2.41. The van der Waals surface area contributed by atoms with Gasteiger partial charge in [0.15, 0.2) is 0 Å². The second kappa shape index (κ2) is 6.04. The van der Waals surface area contributed by atoms with E-state index >= 15 is 0 Å². The molecule has 1 amide bonds. The first-order chi connectivity index (χ1) is 12.1. The van der Waals surface area contributed by atoms with Crippen LogP contribution in [-0.2, 0) is 24.9 Å². The van der Waals surface area contributed by atoms with Crippen molar-refractivity contribution in [3.8, 4) is 0 Å². The van der Waals surface area contributed by atoms with Crippen molar-refractivity contribution >= 4 is 16.8 Å². The maximum Gasteiger partial charge on any atom is 0.256 e. The molecule has 6 nitrogen and oxygen atoms in total. The minimum atomic E-state index is -0.0641. The highest BCUT2D eigenvalue weighted by molar-refractivity contribution is 6.07. The van der Waals surface area contributed by atoms with Crippen molar-refractivity contribution < 1.29 is 9.53 Å². The fourth-order valence-electron chi connectivity index (χ4n) is 3.77. The van der Waals surface area contributed by atoms with Gasteiger partial charge in [-0.05, 0) is 13.0 Å². The molecule has 1 aliphatic rings. The van der Waals surface area contributed by atoms with E-state index in [0.717, 1.165) is 34.5 Å². The Hall–Kier alpha value is -2.60. The first-order valence-electron chi connectivity index (χ1n) is 8.50. The Morgan fingerprint density at radius 2 is 2.12 bits per heavy atom. The van der Waals surface area contributed by atoms with Crippen LogP contribution < -0.4 is 0 Å². The molecular weight excluding hydrogens is 316 g/mol. The molecule has 0 bridgehead atoms. The summed E-state index contributed by atoms with van der Waals surface area (Å²) in [7, 11) is 3.66. The Morgan fingerprint density at radius 1 is 1.32 bits per heavy atom. The lowest BCUT2D eigenvalue weighted by molar-refractivity contribution is 0.0634. The van der Waals surface area contributed by atoms with Gasteiger partial charge in [0.2, 0.25) is 0 Å². The topological polar surface area (TPSA) is 52.3 Å². The van der Waals surface area contributed by atoms with E-state index in [2.05, 4.69) is 9.55 Å². The zero-order chi connectivity index (χ0) is 17.6. The predicted molar refractivity (Wildman–Crippen MR) is 95.3 cm³/mol. The van der Waals surface area contributed by atoms with E-state index in [-0.39, 0.29) is 11.9 Å². The highest BCUT2D eigenvalue weighted by atomic mass is 16.5. The summed E-state index contributed by atoms with van der Waals surface area (Å²) in [5.74, 6) is 0.985. The number of imidazole rings is 1. The molecule has 0 aliphatic carbocycles. The first-order valence-corrected chi connectivity index (χ1v) is 8.50. The molecule has 0 saturated carbocycles. The molecule has 4 rings (SSSR count). The molecule has 3 aromatic rings. The summed E-state index contributed by atoms with van der Waals surface area (Å²) in [5.41, 5.74) is 2.88. The number of hydrogen-bond acceptors (Lipinski definition) is 3. The minimum absolute atomic E-state index is 0.0619. The molecule has 130 valence electrons. The van der Waals surface area contributed by atoms with E-state index in [9.17, 15) is 4.79 Å². The quantitative estimate of drug-likeness (QED) is 0.738. The average molecular weight is 338 g/mol. The van der Waals surface area contributed by atoms with Crippen molar-refractivity contribution in [2.45, 2.75) is 26.1 Å². The molecule has 0 fully saturated rings. The van der Waals surface area contributed by atoms with Crippen molar-refractivity contribution in [3.05, 3.63) is 53.7 Å². The number of para-hydroxylation sites is 1. The third-order valence-electron chi connectivity index (χ3n) is 5.06. The van der Waals surface area contributed by atoms with Gasteiger partial charge >= 0.3 is 0 Å². The number of carbonyl (C=O) groups excluding carboxylic acids is 1. The summed E-state index contributed by atoms with van der Waals surface area (Å²) in [5, 5.41) is 0.996. The molecule has 0 spiro atoms. The molecule has 0 unspecified atom stereocenters. The maximum atomic E-state index is 13.2. The Labute approximate surface area is 146 Å². The summed E-state index contributed by atoms with van der Waals surface area (Å²) in [6, 6.07) is 7.95. The Kier molecular flexibility index (Phi) is 3.84. The number of nitrogens with zero attached hydrogens (tertiary/aromatic N) is 4. The van der Waals surface area contributed by atoms with Crippen molar-refractivity contribution in [2.75, 3.05) is 13.7 Å². The van der Waals surface area contributed by atoms with Gasteiger partial charge in [0.25, 0.3) is 5.91 Å². The number of fused-ring (bicyclic) bond motifs is 2. The zero-order valence-electron chi connectivity index (χ0n) is 14.8. The van der Waals surface area contributed by atoms with Gasteiger partial charge in [0.05, 0.1) is 30.1 Å². The molecule has 6 heteroatoms. The lowest BCUT2D eigenvalue weighted by Gasteiger charge is -2.34. The van der Waals surface area contributed by atoms with Crippen LogP contribution in [0.3, 0.4) is 0 Å². The van der Waals surface area contributed by atoms with E-state index < -0.39 is 0 Å². The lowest BCUT2D eigenvalue weighted by atomic mass is 10.1. The number of benzene rings is 1. The third kappa shape index (κ3) is 2.44. The van der Waals surface area contributed by atoms with Crippen molar-refractivity contribution in [2.24, 2.45) is 7.05 Å². The number of ether oxygens (including phenoxy) is 1. The fourth-order valence-corrected chi connectivity index (χ4v) is 3.77. The van der Waals surface area contributed by atoms with Gasteiger partial charge in [-0.15, -0.1) is 0 Å². The molecule has 0 radical (unpaired) electrons. The third-order valence-corrected chi connectivity index (χ3v) is 5.06. The Balaban J connectivity index is 1.69. The highest BCUT2D eigenvalue weighted by Gasteiger charge is 2.32. The average Bonchev–Trinajstić information content (AvgIpc) is 3.18. The number of amides is 1. The van der Waals surface area contributed by atoms with Crippen LogP contribution in [0.5, 0.6) is 0 Å². The van der Waals surface area contributed by atoms with Gasteiger partial charge in [-0.3, -0.25) is 4.79 Å². The number of rotatable bonds is 3. The van der Waals surface area contributed by atoms with Crippen LogP contribution >= 0.6 is 0 Å². The van der Waals surface area contributed by atoms with Gasteiger partial charge in [0.1, 0.15) is 5.82 Å². The molecule has 25 heavy (non-hydrogen) atoms. The van der Waals surface area contributed by atoms with Crippen LogP contribution in [0.15, 0.2) is 36.7 Å². The number of aryl methyl sites for hydroxylation is 1. The molecule has 1 aromatic carbocycles. The van der Waals surface area contributed by atoms with Gasteiger partial charge in [-0.2, -0.15) is 0 Å². The number of carbonyl (C=O) groups is 1. The summed E-state index contributed by atoms with van der Waals surface area (Å²) in [4.78, 5) is 19.7. The van der Waals surface area contributed by atoms with E-state index in [0.29, 0.717) is 13.2 Å². The number of methoxy groups -OCH3 is 1. The van der Waals surface area contributed by atoms with Crippen LogP contribution in [0, 0.1) is 0 Å². The SMILES string of the molecule is COCc1cnc2n1CCN(C(=O)c1cn(C)c3ccccc13)[C@@H]2C. The van der Waals surface area contributed by atoms with Crippen molar-refractivity contribution in [1.29, 1.82) is 0 Å². The smallest absolute Gasteiger partial charge is 0.256 e. The van der Waals surface area contributed by atoms with Crippen LogP contribution in [0.25, 0.3) is 10.9 Å². The highest BCUT2D eigenvalue weighted by Crippen LogP contribution is 2.29. The maximum absolute atomic E-state index is 13.2. The van der Waals surface area contributed by atoms with E-state index in [1.54, 1.807) is 7.11 Å². The normalized spacial score (nSPS) is 17.1. The van der Waals surface area contributed by atoms with E-state index in [4.69, 9.17) is 4.74 Å². The molecule has 2 aromatic heterocycles. The van der Waals surface area contributed by atoms with Crippen molar-refractivity contribution in [1.82, 2.24) is 19.0 Å².